The molecule has 0 aliphatic rings. The molecular weight excluding hydrogens is 297 g/mol. The maximum Gasteiger partial charge on any atom is 0.241 e. The number of carbonyl (C=O) groups is 1. The topological polar surface area (TPSA) is 101 Å². The summed E-state index contributed by atoms with van der Waals surface area (Å²) in [6.45, 7) is 3.77. The van der Waals surface area contributed by atoms with E-state index >= 15 is 0 Å². The van der Waals surface area contributed by atoms with E-state index in [0.717, 1.165) is 18.7 Å². The molecule has 1 aromatic carbocycles. The van der Waals surface area contributed by atoms with Crippen LogP contribution in [0.25, 0.3) is 0 Å². The molecule has 6 nitrogen and oxygen atoms in total. The van der Waals surface area contributed by atoms with E-state index in [-0.39, 0.29) is 17.3 Å². The summed E-state index contributed by atoms with van der Waals surface area (Å²) in [7, 11) is -3.61. The van der Waals surface area contributed by atoms with Gasteiger partial charge in [0.25, 0.3) is 0 Å². The zero-order valence-electron chi connectivity index (χ0n) is 12.2. The molecule has 0 fully saturated rings. The van der Waals surface area contributed by atoms with Crippen LogP contribution >= 0.6 is 0 Å². The lowest BCUT2D eigenvalue weighted by molar-refractivity contribution is -0.118. The standard InChI is InChI=1S/C13H20FN3O3S/c1-4-8(2)12(15)13(18)16-9-5-6-10(14)11(7-9)17-21(3,19)20/h5-8,12,17H,4,15H2,1-3H3,(H,16,18)/t8?,12-/m0/s1. The van der Waals surface area contributed by atoms with Crippen molar-refractivity contribution >= 4 is 27.3 Å². The number of rotatable bonds is 6. The molecular formula is C13H20FN3O3S. The van der Waals surface area contributed by atoms with Gasteiger partial charge >= 0.3 is 0 Å². The van der Waals surface area contributed by atoms with Gasteiger partial charge in [-0.05, 0) is 24.1 Å². The Balaban J connectivity index is 2.90. The first-order valence-electron chi connectivity index (χ1n) is 6.47. The summed E-state index contributed by atoms with van der Waals surface area (Å²) >= 11 is 0. The fourth-order valence-electron chi connectivity index (χ4n) is 1.62. The van der Waals surface area contributed by atoms with Crippen molar-refractivity contribution in [3.05, 3.63) is 24.0 Å². The van der Waals surface area contributed by atoms with Crippen LogP contribution in [0.15, 0.2) is 18.2 Å². The first-order chi connectivity index (χ1) is 9.64. The summed E-state index contributed by atoms with van der Waals surface area (Å²) in [6.07, 6.45) is 1.66. The predicted octanol–water partition coefficient (Wildman–Crippen LogP) is 1.51. The number of nitrogens with one attached hydrogen (secondary N) is 2. The second-order valence-corrected chi connectivity index (χ2v) is 6.72. The van der Waals surface area contributed by atoms with E-state index in [1.807, 2.05) is 18.6 Å². The van der Waals surface area contributed by atoms with Crippen LogP contribution in [0.5, 0.6) is 0 Å². The fraction of sp³-hybridized carbons (Fsp3) is 0.462. The van der Waals surface area contributed by atoms with Crippen molar-refractivity contribution in [2.24, 2.45) is 11.7 Å². The summed E-state index contributed by atoms with van der Waals surface area (Å²) in [5, 5.41) is 2.54. The number of amides is 1. The molecule has 2 atom stereocenters. The second kappa shape index (κ2) is 6.86. The molecule has 1 aromatic rings. The predicted molar refractivity (Wildman–Crippen MR) is 80.9 cm³/mol. The summed E-state index contributed by atoms with van der Waals surface area (Å²) in [6, 6.07) is 2.92. The molecule has 118 valence electrons. The maximum absolute atomic E-state index is 13.5. The van der Waals surface area contributed by atoms with Crippen molar-refractivity contribution in [1.29, 1.82) is 0 Å². The molecule has 0 saturated heterocycles. The van der Waals surface area contributed by atoms with Crippen LogP contribution in [0, 0.1) is 11.7 Å². The van der Waals surface area contributed by atoms with E-state index in [0.29, 0.717) is 0 Å². The van der Waals surface area contributed by atoms with Crippen LogP contribution < -0.4 is 15.8 Å². The van der Waals surface area contributed by atoms with Crippen LogP contribution in [0.3, 0.4) is 0 Å². The molecule has 1 amide bonds. The Hall–Kier alpha value is -1.67. The van der Waals surface area contributed by atoms with Crippen LogP contribution in [0.4, 0.5) is 15.8 Å². The minimum atomic E-state index is -3.61. The summed E-state index contributed by atoms with van der Waals surface area (Å²) < 4.78 is 37.8. The van der Waals surface area contributed by atoms with Crippen molar-refractivity contribution < 1.29 is 17.6 Å². The smallest absolute Gasteiger partial charge is 0.241 e. The van der Waals surface area contributed by atoms with Crippen molar-refractivity contribution in [2.45, 2.75) is 26.3 Å². The highest BCUT2D eigenvalue weighted by atomic mass is 32.2. The first kappa shape index (κ1) is 17.4. The first-order valence-corrected chi connectivity index (χ1v) is 8.37. The summed E-state index contributed by atoms with van der Waals surface area (Å²) in [5.74, 6) is -1.13. The minimum absolute atomic E-state index is 0.000867. The lowest BCUT2D eigenvalue weighted by Gasteiger charge is -2.18. The van der Waals surface area contributed by atoms with Gasteiger partial charge in [0.1, 0.15) is 5.82 Å². The van der Waals surface area contributed by atoms with Gasteiger partial charge in [0.05, 0.1) is 18.0 Å². The van der Waals surface area contributed by atoms with E-state index in [2.05, 4.69) is 5.32 Å². The van der Waals surface area contributed by atoms with Crippen molar-refractivity contribution in [2.75, 3.05) is 16.3 Å². The molecule has 1 unspecified atom stereocenters. The fourth-order valence-corrected chi connectivity index (χ4v) is 2.17. The number of nitrogens with two attached hydrogens (primary N) is 1. The Kier molecular flexibility index (Phi) is 5.68. The van der Waals surface area contributed by atoms with E-state index in [9.17, 15) is 17.6 Å². The van der Waals surface area contributed by atoms with Crippen LogP contribution in [0.1, 0.15) is 20.3 Å². The molecule has 0 aromatic heterocycles. The normalized spacial score (nSPS) is 14.3. The number of hydrogen-bond acceptors (Lipinski definition) is 4. The zero-order valence-corrected chi connectivity index (χ0v) is 13.0. The number of anilines is 2. The molecule has 1 rings (SSSR count). The maximum atomic E-state index is 13.5. The number of benzene rings is 1. The average molecular weight is 317 g/mol. The van der Waals surface area contributed by atoms with Gasteiger partial charge < -0.3 is 11.1 Å². The Bertz CT molecular complexity index is 619. The van der Waals surface area contributed by atoms with Crippen LogP contribution in [0.2, 0.25) is 0 Å². The molecule has 0 radical (unpaired) electrons. The highest BCUT2D eigenvalue weighted by molar-refractivity contribution is 7.92. The van der Waals surface area contributed by atoms with Crippen molar-refractivity contribution in [3.63, 3.8) is 0 Å². The molecule has 0 bridgehead atoms. The van der Waals surface area contributed by atoms with Crippen LogP contribution in [-0.2, 0) is 14.8 Å². The molecule has 4 N–H and O–H groups in total. The number of halogens is 1. The van der Waals surface area contributed by atoms with E-state index < -0.39 is 27.8 Å². The molecule has 0 heterocycles. The Labute approximate surface area is 124 Å². The summed E-state index contributed by atoms with van der Waals surface area (Å²) in [4.78, 5) is 11.9. The van der Waals surface area contributed by atoms with Crippen molar-refractivity contribution in [1.82, 2.24) is 0 Å². The Morgan fingerprint density at radius 2 is 2.05 bits per heavy atom. The lowest BCUT2D eigenvalue weighted by atomic mass is 9.99. The third-order valence-electron chi connectivity index (χ3n) is 3.09. The molecule has 0 aliphatic carbocycles. The third kappa shape index (κ3) is 5.31. The quantitative estimate of drug-likeness (QED) is 0.740. The number of carbonyl (C=O) groups excluding carboxylic acids is 1. The van der Waals surface area contributed by atoms with Gasteiger partial charge in [0.15, 0.2) is 0 Å². The molecule has 0 spiro atoms. The van der Waals surface area contributed by atoms with E-state index in [4.69, 9.17) is 5.73 Å². The van der Waals surface area contributed by atoms with E-state index in [1.54, 1.807) is 0 Å². The van der Waals surface area contributed by atoms with Crippen LogP contribution in [-0.4, -0.2) is 26.6 Å². The van der Waals surface area contributed by atoms with Gasteiger partial charge in [-0.1, -0.05) is 20.3 Å². The number of sulfonamides is 1. The molecule has 8 heteroatoms. The van der Waals surface area contributed by atoms with Gasteiger partial charge in [-0.15, -0.1) is 0 Å². The van der Waals surface area contributed by atoms with Crippen molar-refractivity contribution in [3.8, 4) is 0 Å². The van der Waals surface area contributed by atoms with Gasteiger partial charge in [-0.25, -0.2) is 12.8 Å². The zero-order chi connectivity index (χ0) is 16.2. The molecule has 0 aliphatic heterocycles. The average Bonchev–Trinajstić information content (AvgIpc) is 2.39. The van der Waals surface area contributed by atoms with Gasteiger partial charge in [0.2, 0.25) is 15.9 Å². The monoisotopic (exact) mass is 317 g/mol. The highest BCUT2D eigenvalue weighted by Gasteiger charge is 2.20. The largest absolute Gasteiger partial charge is 0.325 e. The Morgan fingerprint density at radius 1 is 1.43 bits per heavy atom. The van der Waals surface area contributed by atoms with E-state index in [1.165, 1.54) is 12.1 Å². The highest BCUT2D eigenvalue weighted by Crippen LogP contribution is 2.21. The number of hydrogen-bond donors (Lipinski definition) is 3. The summed E-state index contributed by atoms with van der Waals surface area (Å²) in [5.41, 5.74) is 5.83. The molecule has 0 saturated carbocycles. The van der Waals surface area contributed by atoms with Gasteiger partial charge in [0, 0.05) is 5.69 Å². The third-order valence-corrected chi connectivity index (χ3v) is 3.68. The molecule has 21 heavy (non-hydrogen) atoms. The minimum Gasteiger partial charge on any atom is -0.325 e. The Morgan fingerprint density at radius 3 is 2.57 bits per heavy atom. The van der Waals surface area contributed by atoms with Gasteiger partial charge in [-0.3, -0.25) is 9.52 Å². The SMILES string of the molecule is CCC(C)[C@H](N)C(=O)Nc1ccc(F)c(NS(C)(=O)=O)c1. The lowest BCUT2D eigenvalue weighted by Crippen LogP contribution is -2.40. The second-order valence-electron chi connectivity index (χ2n) is 4.97. The van der Waals surface area contributed by atoms with Gasteiger partial charge in [-0.2, -0.15) is 0 Å².